The number of rotatable bonds is 11. The number of nitrogens with zero attached hydrogens (tertiary/aromatic N) is 5. The van der Waals surface area contributed by atoms with Gasteiger partial charge in [-0.05, 0) is 87.9 Å². The average molecular weight is 676 g/mol. The number of piperazine rings is 1. The normalized spacial score (nSPS) is 26.3. The number of fused-ring (bicyclic) bond motifs is 4. The van der Waals surface area contributed by atoms with Crippen LogP contribution in [0.5, 0.6) is 0 Å². The molecule has 3 unspecified atom stereocenters. The lowest BCUT2D eigenvalue weighted by molar-refractivity contribution is -0.136. The molecule has 13 heteroatoms. The first-order chi connectivity index (χ1) is 24.2. The molecule has 4 N–H and O–H groups in total. The van der Waals surface area contributed by atoms with E-state index in [1.807, 2.05) is 12.3 Å². The quantitative estimate of drug-likeness (QED) is 0.135. The minimum atomic E-state index is -0.969. The third kappa shape index (κ3) is 5.89. The Kier molecular flexibility index (Phi) is 8.30. The van der Waals surface area contributed by atoms with Gasteiger partial charge in [-0.1, -0.05) is 0 Å². The topological polar surface area (TPSA) is 164 Å². The lowest BCUT2D eigenvalue weighted by atomic mass is 9.77. The van der Waals surface area contributed by atoms with Gasteiger partial charge in [0.05, 0.1) is 34.1 Å². The molecule has 5 aliphatic rings. The molecular weight excluding hydrogens is 634 g/mol. The molecule has 0 spiro atoms. The molecule has 3 saturated heterocycles. The van der Waals surface area contributed by atoms with Crippen LogP contribution in [0.1, 0.15) is 71.4 Å². The number of nitrogens with one attached hydrogen (secondary N) is 4. The Morgan fingerprint density at radius 2 is 1.84 bits per heavy atom. The van der Waals surface area contributed by atoms with Crippen LogP contribution in [0.3, 0.4) is 0 Å². The van der Waals surface area contributed by atoms with E-state index in [1.165, 1.54) is 18.3 Å². The number of anilines is 2. The van der Waals surface area contributed by atoms with E-state index in [4.69, 9.17) is 10.4 Å². The van der Waals surface area contributed by atoms with E-state index >= 15 is 0 Å². The van der Waals surface area contributed by atoms with Crippen molar-refractivity contribution in [2.45, 2.75) is 69.1 Å². The lowest BCUT2D eigenvalue weighted by Gasteiger charge is -2.36. The van der Waals surface area contributed by atoms with Crippen molar-refractivity contribution in [3.63, 3.8) is 0 Å². The zero-order valence-electron chi connectivity index (χ0n) is 28.0. The predicted octanol–water partition coefficient (Wildman–Crippen LogP) is 3.17. The molecule has 1 aliphatic carbocycles. The van der Waals surface area contributed by atoms with Crippen LogP contribution in [0, 0.1) is 11.3 Å². The maximum absolute atomic E-state index is 13.1. The summed E-state index contributed by atoms with van der Waals surface area (Å²) in [6.07, 6.45) is 10.5. The minimum Gasteiger partial charge on any atom is -0.388 e. The van der Waals surface area contributed by atoms with Gasteiger partial charge in [0.15, 0.2) is 0 Å². The van der Waals surface area contributed by atoms with Crippen LogP contribution in [0.25, 0.3) is 16.6 Å². The van der Waals surface area contributed by atoms with Crippen molar-refractivity contribution < 1.29 is 19.2 Å². The monoisotopic (exact) mass is 675 g/mol. The summed E-state index contributed by atoms with van der Waals surface area (Å²) in [6, 6.07) is 11.9. The van der Waals surface area contributed by atoms with E-state index in [0.29, 0.717) is 35.3 Å². The highest BCUT2D eigenvalue weighted by Crippen LogP contribution is 2.35. The zero-order chi connectivity index (χ0) is 34.5. The molecule has 5 heterocycles. The average Bonchev–Trinajstić information content (AvgIpc) is 3.75. The summed E-state index contributed by atoms with van der Waals surface area (Å²) in [7, 11) is 2.21. The summed E-state index contributed by atoms with van der Waals surface area (Å²) >= 11 is 0. The molecule has 2 bridgehead atoms. The summed E-state index contributed by atoms with van der Waals surface area (Å²) < 4.78 is 0. The number of likely N-dealkylation sites (N-methyl/N-ethyl adjacent to an activating group) is 1. The maximum atomic E-state index is 13.1. The summed E-state index contributed by atoms with van der Waals surface area (Å²) in [5.41, 5.74) is 5.57. The Labute approximate surface area is 290 Å². The van der Waals surface area contributed by atoms with Gasteiger partial charge >= 0.3 is 0 Å². The first-order valence-electron chi connectivity index (χ1n) is 17.6. The number of benzene rings is 2. The zero-order valence-corrected chi connectivity index (χ0v) is 28.0. The standard InChI is InChI=1S/C37H41N9O4/c1-44-19-27-14-26(44)20-45(27)25-5-7-30-31(15-25)42-32(18-41-30)22(16-38)17-40-24-11-21(12-24)3-2-10-39-23-4-6-28-29(13-23)37(50)46(36(28)49)33-8-9-34(47)43-35(33)48/h4-7,13,15-18,21,24,26-27,33,38-40H,2-3,8-12,14,19-20H2,1H3,(H,43,47,48)/b22-17+,38-16?. The highest BCUT2D eigenvalue weighted by atomic mass is 16.2. The lowest BCUT2D eigenvalue weighted by Crippen LogP contribution is -2.54. The number of likely N-dealkylation sites (tertiary alicyclic amines) is 1. The van der Waals surface area contributed by atoms with Crippen LogP contribution < -0.4 is 20.9 Å². The molecule has 1 aromatic heterocycles. The summed E-state index contributed by atoms with van der Waals surface area (Å²) in [5, 5.41) is 17.1. The first-order valence-corrected chi connectivity index (χ1v) is 17.6. The van der Waals surface area contributed by atoms with Gasteiger partial charge in [-0.25, -0.2) is 4.98 Å². The Morgan fingerprint density at radius 3 is 2.60 bits per heavy atom. The van der Waals surface area contributed by atoms with E-state index in [0.717, 1.165) is 66.9 Å². The van der Waals surface area contributed by atoms with Crippen molar-refractivity contribution >= 4 is 57.8 Å². The van der Waals surface area contributed by atoms with Crippen molar-refractivity contribution in [2.24, 2.45) is 5.92 Å². The van der Waals surface area contributed by atoms with Crippen LogP contribution in [0.15, 0.2) is 48.8 Å². The van der Waals surface area contributed by atoms with Crippen molar-refractivity contribution in [3.8, 4) is 0 Å². The molecule has 8 rings (SSSR count). The van der Waals surface area contributed by atoms with E-state index < -0.39 is 29.7 Å². The summed E-state index contributed by atoms with van der Waals surface area (Å²) in [5.74, 6) is -1.41. The number of hydrogen-bond donors (Lipinski definition) is 4. The van der Waals surface area contributed by atoms with Gasteiger partial charge in [0.2, 0.25) is 11.8 Å². The number of aromatic nitrogens is 2. The Hall–Kier alpha value is -5.17. The van der Waals surface area contributed by atoms with Crippen LogP contribution in [0.4, 0.5) is 11.4 Å². The Bertz CT molecular complexity index is 1940. The van der Waals surface area contributed by atoms with Crippen LogP contribution >= 0.6 is 0 Å². The summed E-state index contributed by atoms with van der Waals surface area (Å²) in [4.78, 5) is 65.3. The molecule has 2 aromatic carbocycles. The highest BCUT2D eigenvalue weighted by Gasteiger charge is 2.45. The predicted molar refractivity (Wildman–Crippen MR) is 189 cm³/mol. The fraction of sp³-hybridized carbons (Fsp3) is 0.432. The largest absolute Gasteiger partial charge is 0.388 e. The second-order valence-electron chi connectivity index (χ2n) is 14.3. The van der Waals surface area contributed by atoms with Gasteiger partial charge in [-0.3, -0.25) is 39.3 Å². The summed E-state index contributed by atoms with van der Waals surface area (Å²) in [6.45, 7) is 2.86. The molecule has 0 radical (unpaired) electrons. The van der Waals surface area contributed by atoms with E-state index in [2.05, 4.69) is 49.9 Å². The third-order valence-corrected chi connectivity index (χ3v) is 11.1. The third-order valence-electron chi connectivity index (χ3n) is 11.1. The number of imide groups is 2. The number of hydrogen-bond acceptors (Lipinski definition) is 11. The molecule has 13 nitrogen and oxygen atoms in total. The van der Waals surface area contributed by atoms with Gasteiger partial charge in [-0.15, -0.1) is 0 Å². The Balaban J connectivity index is 0.802. The molecule has 3 aromatic rings. The van der Waals surface area contributed by atoms with Gasteiger partial charge in [0.25, 0.3) is 11.8 Å². The van der Waals surface area contributed by atoms with Gasteiger partial charge in [-0.2, -0.15) is 0 Å². The smallest absolute Gasteiger partial charge is 0.262 e. The van der Waals surface area contributed by atoms with Crippen molar-refractivity contribution in [1.82, 2.24) is 30.4 Å². The van der Waals surface area contributed by atoms with E-state index in [9.17, 15) is 19.2 Å². The molecule has 4 fully saturated rings. The molecule has 4 aliphatic heterocycles. The van der Waals surface area contributed by atoms with E-state index in [-0.39, 0.29) is 24.0 Å². The van der Waals surface area contributed by atoms with Crippen molar-refractivity contribution in [1.29, 1.82) is 5.41 Å². The number of amides is 4. The highest BCUT2D eigenvalue weighted by molar-refractivity contribution is 6.23. The first kappa shape index (κ1) is 32.1. The van der Waals surface area contributed by atoms with Crippen LogP contribution in [-0.4, -0.2) is 100 Å². The fourth-order valence-corrected chi connectivity index (χ4v) is 8.21. The molecule has 3 atom stereocenters. The molecule has 4 amide bonds. The number of carbonyl (C=O) groups excluding carboxylic acids is 4. The maximum Gasteiger partial charge on any atom is 0.262 e. The van der Waals surface area contributed by atoms with Gasteiger partial charge in [0, 0.05) is 73.5 Å². The fourth-order valence-electron chi connectivity index (χ4n) is 8.21. The van der Waals surface area contributed by atoms with Crippen molar-refractivity contribution in [2.75, 3.05) is 36.9 Å². The number of piperidine rings is 1. The molecular formula is C37H41N9O4. The van der Waals surface area contributed by atoms with E-state index in [1.54, 1.807) is 24.4 Å². The van der Waals surface area contributed by atoms with Crippen molar-refractivity contribution in [3.05, 3.63) is 65.6 Å². The minimum absolute atomic E-state index is 0.0927. The second kappa shape index (κ2) is 12.9. The molecule has 258 valence electrons. The SMILES string of the molecule is CN1CC2CC1CN2c1ccc2ncc(/C(C=N)=C/NC3CC(CCCNc4ccc5c(c4)C(=O)N(C4CCC(=O)NC4=O)C5=O)C3)nc2c1. The van der Waals surface area contributed by atoms with Gasteiger partial charge < -0.3 is 20.9 Å². The molecule has 1 saturated carbocycles. The Morgan fingerprint density at radius 1 is 1.00 bits per heavy atom. The number of carbonyl (C=O) groups is 4. The van der Waals surface area contributed by atoms with Crippen LogP contribution in [-0.2, 0) is 9.59 Å². The number of allylic oxidation sites excluding steroid dienone is 1. The molecule has 50 heavy (non-hydrogen) atoms. The van der Waals surface area contributed by atoms with Crippen LogP contribution in [0.2, 0.25) is 0 Å². The van der Waals surface area contributed by atoms with Gasteiger partial charge in [0.1, 0.15) is 6.04 Å². The second-order valence-corrected chi connectivity index (χ2v) is 14.3.